The van der Waals surface area contributed by atoms with E-state index >= 15 is 0 Å². The fourth-order valence-electron chi connectivity index (χ4n) is 2.64. The van der Waals surface area contributed by atoms with Crippen molar-refractivity contribution in [1.29, 1.82) is 0 Å². The molecule has 114 valence electrons. The van der Waals surface area contributed by atoms with Crippen LogP contribution >= 0.6 is 0 Å². The second-order valence-corrected chi connectivity index (χ2v) is 5.63. The fraction of sp³-hybridized carbons (Fsp3) is 0.250. The molecule has 0 spiro atoms. The highest BCUT2D eigenvalue weighted by atomic mass is 16.5. The predicted octanol–water partition coefficient (Wildman–Crippen LogP) is 1.27. The number of fused-ring (bicyclic) bond motifs is 1. The molecule has 2 aliphatic rings. The maximum absolute atomic E-state index is 12.2. The number of phenols is 2. The minimum Gasteiger partial charge on any atom is -0.504 e. The van der Waals surface area contributed by atoms with Gasteiger partial charge in [-0.15, -0.1) is 0 Å². The zero-order valence-electron chi connectivity index (χ0n) is 11.7. The molecule has 6 heteroatoms. The Morgan fingerprint density at radius 2 is 1.91 bits per heavy atom. The van der Waals surface area contributed by atoms with Crippen LogP contribution in [0.4, 0.5) is 0 Å². The third-order valence-corrected chi connectivity index (χ3v) is 3.75. The molecule has 2 atom stereocenters. The summed E-state index contributed by atoms with van der Waals surface area (Å²) in [5, 5.41) is 29.1. The van der Waals surface area contributed by atoms with Gasteiger partial charge in [-0.1, -0.05) is 6.07 Å². The highest BCUT2D eigenvalue weighted by molar-refractivity contribution is 6.00. The molecule has 3 rings (SSSR count). The Kier molecular flexibility index (Phi) is 3.07. The molecule has 3 N–H and O–H groups in total. The molecule has 1 heterocycles. The first kappa shape index (κ1) is 14.3. The highest BCUT2D eigenvalue weighted by Crippen LogP contribution is 2.40. The molecule has 0 saturated heterocycles. The van der Waals surface area contributed by atoms with Crippen molar-refractivity contribution in [2.45, 2.75) is 25.0 Å². The number of hydrogen-bond donors (Lipinski definition) is 3. The molecule has 0 radical (unpaired) electrons. The van der Waals surface area contributed by atoms with Crippen molar-refractivity contribution in [3.8, 4) is 11.5 Å². The second kappa shape index (κ2) is 4.71. The van der Waals surface area contributed by atoms with Crippen LogP contribution in [-0.2, 0) is 14.3 Å². The number of aliphatic hydroxyl groups is 1. The van der Waals surface area contributed by atoms with Crippen LogP contribution in [0.3, 0.4) is 0 Å². The van der Waals surface area contributed by atoms with Crippen molar-refractivity contribution in [3.05, 3.63) is 47.2 Å². The average molecular weight is 302 g/mol. The number of ketones is 2. The lowest BCUT2D eigenvalue weighted by molar-refractivity contribution is -0.127. The van der Waals surface area contributed by atoms with Crippen molar-refractivity contribution in [2.75, 3.05) is 0 Å². The van der Waals surface area contributed by atoms with Crippen LogP contribution in [0.5, 0.6) is 11.5 Å². The van der Waals surface area contributed by atoms with Crippen LogP contribution in [0.25, 0.3) is 0 Å². The van der Waals surface area contributed by atoms with E-state index in [1.807, 2.05) is 0 Å². The van der Waals surface area contributed by atoms with E-state index in [1.54, 1.807) is 0 Å². The van der Waals surface area contributed by atoms with Gasteiger partial charge in [0.2, 0.25) is 5.78 Å². The lowest BCUT2D eigenvalue weighted by Crippen LogP contribution is -2.38. The molecule has 2 unspecified atom stereocenters. The van der Waals surface area contributed by atoms with Gasteiger partial charge in [-0.05, 0) is 25.1 Å². The Hall–Kier alpha value is -2.60. The molecule has 0 amide bonds. The van der Waals surface area contributed by atoms with Gasteiger partial charge in [-0.3, -0.25) is 9.59 Å². The lowest BCUT2D eigenvalue weighted by atomic mass is 9.81. The molecule has 1 aliphatic heterocycles. The molecule has 6 nitrogen and oxygen atoms in total. The highest BCUT2D eigenvalue weighted by Gasteiger charge is 2.41. The number of allylic oxidation sites excluding steroid dienone is 1. The van der Waals surface area contributed by atoms with Gasteiger partial charge in [0.25, 0.3) is 0 Å². The van der Waals surface area contributed by atoms with Gasteiger partial charge in [-0.2, -0.15) is 0 Å². The summed E-state index contributed by atoms with van der Waals surface area (Å²) in [7, 11) is 0. The van der Waals surface area contributed by atoms with Crippen LogP contribution in [0, 0.1) is 0 Å². The van der Waals surface area contributed by atoms with Gasteiger partial charge < -0.3 is 20.1 Å². The summed E-state index contributed by atoms with van der Waals surface area (Å²) in [6.45, 7) is 1.45. The Morgan fingerprint density at radius 1 is 1.18 bits per heavy atom. The maximum Gasteiger partial charge on any atom is 0.201 e. The van der Waals surface area contributed by atoms with Crippen LogP contribution in [0.2, 0.25) is 0 Å². The van der Waals surface area contributed by atoms with Gasteiger partial charge in [0.15, 0.2) is 23.4 Å². The molecular weight excluding hydrogens is 288 g/mol. The Morgan fingerprint density at radius 3 is 2.59 bits per heavy atom. The average Bonchev–Trinajstić information content (AvgIpc) is 2.41. The SMILES string of the molecule is CC1(O)CC(=O)C=C2OC(c3ccc(O)c(O)c3)C(=O)C=C21. The Bertz CT molecular complexity index is 741. The summed E-state index contributed by atoms with van der Waals surface area (Å²) in [5.41, 5.74) is -0.829. The summed E-state index contributed by atoms with van der Waals surface area (Å²) in [4.78, 5) is 23.9. The third-order valence-electron chi connectivity index (χ3n) is 3.75. The molecule has 1 aromatic carbocycles. The fourth-order valence-corrected chi connectivity index (χ4v) is 2.64. The van der Waals surface area contributed by atoms with Crippen molar-refractivity contribution >= 4 is 11.6 Å². The third kappa shape index (κ3) is 2.27. The number of hydrogen-bond acceptors (Lipinski definition) is 6. The summed E-state index contributed by atoms with van der Waals surface area (Å²) in [6.07, 6.45) is 1.37. The van der Waals surface area contributed by atoms with E-state index in [9.17, 15) is 24.9 Å². The number of benzene rings is 1. The van der Waals surface area contributed by atoms with Gasteiger partial charge in [0, 0.05) is 23.6 Å². The molecule has 0 fully saturated rings. The summed E-state index contributed by atoms with van der Waals surface area (Å²) in [6, 6.07) is 3.91. The van der Waals surface area contributed by atoms with E-state index in [0.29, 0.717) is 5.56 Å². The van der Waals surface area contributed by atoms with Crippen molar-refractivity contribution in [2.24, 2.45) is 0 Å². The van der Waals surface area contributed by atoms with Gasteiger partial charge >= 0.3 is 0 Å². The molecule has 1 aliphatic carbocycles. The van der Waals surface area contributed by atoms with E-state index < -0.39 is 17.5 Å². The van der Waals surface area contributed by atoms with E-state index in [1.165, 1.54) is 37.3 Å². The second-order valence-electron chi connectivity index (χ2n) is 5.63. The number of rotatable bonds is 1. The zero-order chi connectivity index (χ0) is 16.1. The number of carbonyl (C=O) groups is 2. The normalized spacial score (nSPS) is 27.6. The van der Waals surface area contributed by atoms with Crippen LogP contribution in [-0.4, -0.2) is 32.5 Å². The zero-order valence-corrected chi connectivity index (χ0v) is 11.7. The summed E-state index contributed by atoms with van der Waals surface area (Å²) in [5.74, 6) is -1.23. The summed E-state index contributed by atoms with van der Waals surface area (Å²) >= 11 is 0. The quantitative estimate of drug-likeness (QED) is 0.675. The first-order chi connectivity index (χ1) is 10.3. The summed E-state index contributed by atoms with van der Waals surface area (Å²) < 4.78 is 5.56. The number of aromatic hydroxyl groups is 2. The van der Waals surface area contributed by atoms with Gasteiger partial charge in [0.05, 0.1) is 5.60 Å². The largest absolute Gasteiger partial charge is 0.504 e. The molecular formula is C16H14O6. The van der Waals surface area contributed by atoms with Crippen molar-refractivity contribution < 1.29 is 29.6 Å². The minimum absolute atomic E-state index is 0.108. The van der Waals surface area contributed by atoms with Crippen molar-refractivity contribution in [1.82, 2.24) is 0 Å². The van der Waals surface area contributed by atoms with E-state index in [-0.39, 0.29) is 35.0 Å². The van der Waals surface area contributed by atoms with Crippen LogP contribution in [0.1, 0.15) is 25.0 Å². The van der Waals surface area contributed by atoms with Crippen molar-refractivity contribution in [3.63, 3.8) is 0 Å². The smallest absolute Gasteiger partial charge is 0.201 e. The molecule has 0 aromatic heterocycles. The standard InChI is InChI=1S/C16H14O6/c1-16(21)7-9(17)5-14-10(16)6-13(20)15(22-14)8-2-3-11(18)12(19)4-8/h2-6,15,18-19,21H,7H2,1H3. The number of ether oxygens (including phenoxy) is 1. The van der Waals surface area contributed by atoms with Crippen LogP contribution < -0.4 is 0 Å². The Balaban J connectivity index is 2.03. The van der Waals surface area contributed by atoms with Gasteiger partial charge in [0.1, 0.15) is 5.76 Å². The minimum atomic E-state index is -1.45. The first-order valence-electron chi connectivity index (χ1n) is 6.70. The van der Waals surface area contributed by atoms with Gasteiger partial charge in [-0.25, -0.2) is 0 Å². The van der Waals surface area contributed by atoms with E-state index in [0.717, 1.165) is 0 Å². The van der Waals surface area contributed by atoms with E-state index in [4.69, 9.17) is 4.74 Å². The van der Waals surface area contributed by atoms with Crippen LogP contribution in [0.15, 0.2) is 41.7 Å². The number of phenolic OH excluding ortho intramolecular Hbond substituents is 2. The lowest BCUT2D eigenvalue weighted by Gasteiger charge is -2.35. The molecule has 1 aromatic rings. The maximum atomic E-state index is 12.2. The molecule has 0 saturated carbocycles. The predicted molar refractivity (Wildman–Crippen MR) is 75.0 cm³/mol. The molecule has 22 heavy (non-hydrogen) atoms. The Labute approximate surface area is 126 Å². The monoisotopic (exact) mass is 302 g/mol. The molecule has 0 bridgehead atoms. The first-order valence-corrected chi connectivity index (χ1v) is 6.70. The topological polar surface area (TPSA) is 104 Å². The number of carbonyl (C=O) groups excluding carboxylic acids is 2. The van der Waals surface area contributed by atoms with E-state index in [2.05, 4.69) is 0 Å².